The highest BCUT2D eigenvalue weighted by Gasteiger charge is 2.54. The summed E-state index contributed by atoms with van der Waals surface area (Å²) < 4.78 is 5.68. The molecule has 2 aliphatic rings. The summed E-state index contributed by atoms with van der Waals surface area (Å²) in [6.45, 7) is 5.71. The molecule has 0 bridgehead atoms. The monoisotopic (exact) mass is 360 g/mol. The molecule has 4 atom stereocenters. The average molecular weight is 360 g/mol. The first-order chi connectivity index (χ1) is 12.2. The van der Waals surface area contributed by atoms with E-state index in [4.69, 9.17) is 4.74 Å². The van der Waals surface area contributed by atoms with E-state index in [1.54, 1.807) is 19.9 Å². The van der Waals surface area contributed by atoms with Crippen molar-refractivity contribution in [1.29, 1.82) is 0 Å². The molecule has 1 aromatic carbocycles. The standard InChI is InChI=1S/C20H28N2O4/c1-12(23)21-17-16(15-8-10-26-18(15)17)22-19(24)14-6-4-5-13(11-14)7-9-20(2,3)25/h4-6,11,15-18,25H,7-10H2,1-3H3,(H,21,23)(H,22,24)/t15-,16+,17-,18-/m1/s1. The zero-order chi connectivity index (χ0) is 18.9. The Bertz CT molecular complexity index is 683. The minimum absolute atomic E-state index is 0.00215. The van der Waals surface area contributed by atoms with Gasteiger partial charge in [0.05, 0.1) is 23.8 Å². The van der Waals surface area contributed by atoms with Gasteiger partial charge in [-0.3, -0.25) is 9.59 Å². The lowest BCUT2D eigenvalue weighted by molar-refractivity contribution is -0.123. The molecule has 6 heteroatoms. The fraction of sp³-hybridized carbons (Fsp3) is 0.600. The molecule has 1 saturated heterocycles. The molecular weight excluding hydrogens is 332 g/mol. The highest BCUT2D eigenvalue weighted by Crippen LogP contribution is 2.39. The molecule has 1 aromatic rings. The van der Waals surface area contributed by atoms with Crippen LogP contribution in [0.15, 0.2) is 24.3 Å². The molecule has 0 unspecified atom stereocenters. The van der Waals surface area contributed by atoms with Gasteiger partial charge < -0.3 is 20.5 Å². The topological polar surface area (TPSA) is 87.7 Å². The molecule has 1 aliphatic heterocycles. The SMILES string of the molecule is CC(=O)N[C@@H]1[C@@H](NC(=O)c2cccc(CCC(C)(C)O)c2)[C@H]2CCO[C@H]21. The fourth-order valence-corrected chi connectivity index (χ4v) is 3.86. The van der Waals surface area contributed by atoms with Crippen LogP contribution < -0.4 is 10.6 Å². The van der Waals surface area contributed by atoms with Crippen molar-refractivity contribution >= 4 is 11.8 Å². The number of nitrogens with one attached hydrogen (secondary N) is 2. The van der Waals surface area contributed by atoms with Gasteiger partial charge in [0.2, 0.25) is 5.91 Å². The molecule has 3 N–H and O–H groups in total. The van der Waals surface area contributed by atoms with Crippen molar-refractivity contribution in [1.82, 2.24) is 10.6 Å². The van der Waals surface area contributed by atoms with Gasteiger partial charge in [-0.25, -0.2) is 0 Å². The molecule has 2 amide bonds. The molecule has 3 rings (SSSR count). The maximum Gasteiger partial charge on any atom is 0.251 e. The number of amides is 2. The first-order valence-corrected chi connectivity index (χ1v) is 9.25. The van der Waals surface area contributed by atoms with Crippen molar-refractivity contribution < 1.29 is 19.4 Å². The minimum Gasteiger partial charge on any atom is -0.390 e. The number of hydrogen-bond donors (Lipinski definition) is 3. The van der Waals surface area contributed by atoms with Gasteiger partial charge >= 0.3 is 0 Å². The Morgan fingerprint density at radius 3 is 2.73 bits per heavy atom. The van der Waals surface area contributed by atoms with E-state index in [0.717, 1.165) is 12.0 Å². The highest BCUT2D eigenvalue weighted by molar-refractivity contribution is 5.94. The molecule has 142 valence electrons. The van der Waals surface area contributed by atoms with E-state index in [2.05, 4.69) is 10.6 Å². The summed E-state index contributed by atoms with van der Waals surface area (Å²) >= 11 is 0. The quantitative estimate of drug-likeness (QED) is 0.716. The fourth-order valence-electron chi connectivity index (χ4n) is 3.86. The van der Waals surface area contributed by atoms with E-state index in [1.807, 2.05) is 18.2 Å². The number of hydrogen-bond acceptors (Lipinski definition) is 4. The van der Waals surface area contributed by atoms with Crippen molar-refractivity contribution in [3.05, 3.63) is 35.4 Å². The first kappa shape index (κ1) is 18.9. The van der Waals surface area contributed by atoms with E-state index in [0.29, 0.717) is 25.0 Å². The smallest absolute Gasteiger partial charge is 0.251 e. The second-order valence-corrected chi connectivity index (χ2v) is 8.03. The van der Waals surface area contributed by atoms with Gasteiger partial charge in [-0.1, -0.05) is 12.1 Å². The third kappa shape index (κ3) is 4.24. The second-order valence-electron chi connectivity index (χ2n) is 8.03. The number of aliphatic hydroxyl groups is 1. The Labute approximate surface area is 154 Å². The summed E-state index contributed by atoms with van der Waals surface area (Å²) in [5.41, 5.74) is 0.892. The van der Waals surface area contributed by atoms with Gasteiger partial charge in [-0.05, 0) is 50.8 Å². The maximum atomic E-state index is 12.7. The summed E-state index contributed by atoms with van der Waals surface area (Å²) in [6.07, 6.45) is 2.24. The van der Waals surface area contributed by atoms with E-state index >= 15 is 0 Å². The predicted molar refractivity (Wildman–Crippen MR) is 97.8 cm³/mol. The largest absolute Gasteiger partial charge is 0.390 e. The van der Waals surface area contributed by atoms with Crippen LogP contribution in [0, 0.1) is 5.92 Å². The molecule has 26 heavy (non-hydrogen) atoms. The van der Waals surface area contributed by atoms with Gasteiger partial charge in [0.25, 0.3) is 5.91 Å². The Kier molecular flexibility index (Phi) is 5.34. The Hall–Kier alpha value is -1.92. The number of rotatable bonds is 6. The molecule has 0 spiro atoms. The van der Waals surface area contributed by atoms with Crippen molar-refractivity contribution in [2.75, 3.05) is 6.61 Å². The Morgan fingerprint density at radius 2 is 2.04 bits per heavy atom. The third-order valence-corrected chi connectivity index (χ3v) is 5.27. The lowest BCUT2D eigenvalue weighted by atomic mass is 9.71. The van der Waals surface area contributed by atoms with E-state index in [1.165, 1.54) is 6.92 Å². The number of benzene rings is 1. The van der Waals surface area contributed by atoms with Crippen molar-refractivity contribution in [2.45, 2.75) is 63.8 Å². The zero-order valence-electron chi connectivity index (χ0n) is 15.6. The van der Waals surface area contributed by atoms with E-state index in [9.17, 15) is 14.7 Å². The highest BCUT2D eigenvalue weighted by atomic mass is 16.5. The molecule has 0 radical (unpaired) electrons. The molecular formula is C20H28N2O4. The van der Waals surface area contributed by atoms with Crippen LogP contribution in [0.1, 0.15) is 49.5 Å². The zero-order valence-corrected chi connectivity index (χ0v) is 15.6. The first-order valence-electron chi connectivity index (χ1n) is 9.25. The van der Waals surface area contributed by atoms with Crippen LogP contribution in [0.25, 0.3) is 0 Å². The minimum atomic E-state index is -0.729. The number of fused-ring (bicyclic) bond motifs is 1. The van der Waals surface area contributed by atoms with Gasteiger partial charge in [0, 0.05) is 25.0 Å². The third-order valence-electron chi connectivity index (χ3n) is 5.27. The van der Waals surface area contributed by atoms with Crippen LogP contribution in [-0.2, 0) is 16.0 Å². The van der Waals surface area contributed by atoms with E-state index < -0.39 is 5.60 Å². The number of carbonyl (C=O) groups is 2. The number of ether oxygens (including phenoxy) is 1. The Morgan fingerprint density at radius 1 is 1.27 bits per heavy atom. The molecule has 0 aromatic heterocycles. The van der Waals surface area contributed by atoms with Gasteiger partial charge in [0.15, 0.2) is 0 Å². The molecule has 1 heterocycles. The maximum absolute atomic E-state index is 12.7. The van der Waals surface area contributed by atoms with Crippen LogP contribution in [0.4, 0.5) is 0 Å². The molecule has 2 fully saturated rings. The van der Waals surface area contributed by atoms with Gasteiger partial charge in [-0.15, -0.1) is 0 Å². The molecule has 1 aliphatic carbocycles. The molecule has 1 saturated carbocycles. The van der Waals surface area contributed by atoms with Crippen LogP contribution in [0.5, 0.6) is 0 Å². The summed E-state index contributed by atoms with van der Waals surface area (Å²) in [4.78, 5) is 24.1. The Balaban J connectivity index is 1.65. The summed E-state index contributed by atoms with van der Waals surface area (Å²) in [5.74, 6) is 0.00629. The van der Waals surface area contributed by atoms with Gasteiger partial charge in [-0.2, -0.15) is 0 Å². The van der Waals surface area contributed by atoms with Crippen LogP contribution in [0.2, 0.25) is 0 Å². The number of carbonyl (C=O) groups excluding carboxylic acids is 2. The second kappa shape index (κ2) is 7.37. The van der Waals surface area contributed by atoms with Crippen LogP contribution in [-0.4, -0.2) is 47.3 Å². The summed E-state index contributed by atoms with van der Waals surface area (Å²) in [6, 6.07) is 7.23. The van der Waals surface area contributed by atoms with Crippen molar-refractivity contribution in [2.24, 2.45) is 5.92 Å². The molecule has 6 nitrogen and oxygen atoms in total. The summed E-state index contributed by atoms with van der Waals surface area (Å²) in [5, 5.41) is 15.9. The normalized spacial score (nSPS) is 27.4. The van der Waals surface area contributed by atoms with E-state index in [-0.39, 0.29) is 35.9 Å². The lowest BCUT2D eigenvalue weighted by Gasteiger charge is -2.47. The average Bonchev–Trinajstić information content (AvgIpc) is 3.00. The van der Waals surface area contributed by atoms with Crippen LogP contribution >= 0.6 is 0 Å². The summed E-state index contributed by atoms with van der Waals surface area (Å²) in [7, 11) is 0. The van der Waals surface area contributed by atoms with Crippen LogP contribution in [0.3, 0.4) is 0 Å². The predicted octanol–water partition coefficient (Wildman–Crippen LogP) is 1.41. The van der Waals surface area contributed by atoms with Crippen molar-refractivity contribution in [3.8, 4) is 0 Å². The lowest BCUT2D eigenvalue weighted by Crippen LogP contribution is -2.70. The number of aryl methyl sites for hydroxylation is 1. The van der Waals surface area contributed by atoms with Crippen molar-refractivity contribution in [3.63, 3.8) is 0 Å². The van der Waals surface area contributed by atoms with Gasteiger partial charge in [0.1, 0.15) is 0 Å².